The number of rotatable bonds is 3. The summed E-state index contributed by atoms with van der Waals surface area (Å²) in [6.45, 7) is 4.96. The monoisotopic (exact) mass is 305 g/mol. The molecule has 1 N–H and O–H groups in total. The minimum absolute atomic E-state index is 0.287. The van der Waals surface area contributed by atoms with Crippen molar-refractivity contribution in [3.8, 4) is 5.75 Å². The molecule has 1 aliphatic heterocycles. The Bertz CT molecular complexity index is 619. The Kier molecular flexibility index (Phi) is 4.46. The van der Waals surface area contributed by atoms with Crippen LogP contribution in [0.15, 0.2) is 30.5 Å². The highest BCUT2D eigenvalue weighted by Gasteiger charge is 2.17. The largest absolute Gasteiger partial charge is 0.508 e. The maximum Gasteiger partial charge on any atom is 0.136 e. The maximum absolute atomic E-state index is 9.75. The third kappa shape index (κ3) is 3.22. The average Bonchev–Trinajstić information content (AvgIpc) is 2.73. The molecule has 1 aromatic carbocycles. The number of aromatic nitrogens is 1. The van der Waals surface area contributed by atoms with Crippen LogP contribution in [0.4, 0.5) is 5.82 Å². The van der Waals surface area contributed by atoms with E-state index in [2.05, 4.69) is 14.8 Å². The molecule has 4 nitrogen and oxygen atoms in total. The number of halogens is 1. The van der Waals surface area contributed by atoms with Gasteiger partial charge in [0.25, 0.3) is 0 Å². The van der Waals surface area contributed by atoms with Crippen molar-refractivity contribution in [2.24, 2.45) is 0 Å². The van der Waals surface area contributed by atoms with E-state index in [0.29, 0.717) is 5.88 Å². The highest BCUT2D eigenvalue weighted by molar-refractivity contribution is 6.18. The van der Waals surface area contributed by atoms with Crippen LogP contribution in [0, 0.1) is 0 Å². The van der Waals surface area contributed by atoms with Gasteiger partial charge >= 0.3 is 0 Å². The second kappa shape index (κ2) is 6.50. The van der Waals surface area contributed by atoms with Gasteiger partial charge < -0.3 is 14.9 Å². The Hall–Kier alpha value is -1.52. The molecule has 0 bridgehead atoms. The van der Waals surface area contributed by atoms with E-state index in [0.717, 1.165) is 55.7 Å². The van der Waals surface area contributed by atoms with Crippen LogP contribution >= 0.6 is 11.6 Å². The number of benzene rings is 1. The van der Waals surface area contributed by atoms with Crippen molar-refractivity contribution in [3.63, 3.8) is 0 Å². The van der Waals surface area contributed by atoms with Crippen LogP contribution in [0.25, 0.3) is 10.8 Å². The zero-order valence-electron chi connectivity index (χ0n) is 12.0. The summed E-state index contributed by atoms with van der Waals surface area (Å²) in [6.07, 6.45) is 2.95. The van der Waals surface area contributed by atoms with Gasteiger partial charge in [0.2, 0.25) is 0 Å². The van der Waals surface area contributed by atoms with E-state index in [-0.39, 0.29) is 5.75 Å². The Morgan fingerprint density at radius 2 is 2.05 bits per heavy atom. The minimum Gasteiger partial charge on any atom is -0.508 e. The Morgan fingerprint density at radius 1 is 1.14 bits per heavy atom. The molecule has 0 spiro atoms. The van der Waals surface area contributed by atoms with E-state index in [4.69, 9.17) is 11.6 Å². The van der Waals surface area contributed by atoms with Crippen LogP contribution in [0.2, 0.25) is 0 Å². The number of phenols is 1. The summed E-state index contributed by atoms with van der Waals surface area (Å²) in [4.78, 5) is 9.27. The third-order valence-electron chi connectivity index (χ3n) is 4.02. The molecule has 5 heteroatoms. The van der Waals surface area contributed by atoms with Crippen LogP contribution < -0.4 is 4.90 Å². The lowest BCUT2D eigenvalue weighted by Crippen LogP contribution is -2.32. The maximum atomic E-state index is 9.75. The van der Waals surface area contributed by atoms with Crippen molar-refractivity contribution in [1.29, 1.82) is 0 Å². The predicted octanol–water partition coefficient (Wildman–Crippen LogP) is 2.69. The second-order valence-corrected chi connectivity index (χ2v) is 5.79. The summed E-state index contributed by atoms with van der Waals surface area (Å²) < 4.78 is 0. The topological polar surface area (TPSA) is 39.6 Å². The number of nitrogens with zero attached hydrogens (tertiary/aromatic N) is 3. The summed E-state index contributed by atoms with van der Waals surface area (Å²) >= 11 is 5.84. The summed E-state index contributed by atoms with van der Waals surface area (Å²) in [5.41, 5.74) is 0. The molecule has 0 radical (unpaired) electrons. The molecule has 2 heterocycles. The molecule has 1 fully saturated rings. The van der Waals surface area contributed by atoms with Crippen molar-refractivity contribution in [2.75, 3.05) is 43.5 Å². The normalized spacial score (nSPS) is 17.1. The smallest absolute Gasteiger partial charge is 0.136 e. The Balaban J connectivity index is 1.88. The van der Waals surface area contributed by atoms with Crippen LogP contribution in [0.5, 0.6) is 5.75 Å². The number of anilines is 1. The van der Waals surface area contributed by atoms with Crippen molar-refractivity contribution in [3.05, 3.63) is 30.5 Å². The molecule has 1 aromatic heterocycles. The molecule has 112 valence electrons. The first-order valence-corrected chi connectivity index (χ1v) is 7.92. The van der Waals surface area contributed by atoms with Crippen LogP contribution in [0.3, 0.4) is 0 Å². The standard InChI is InChI=1S/C16H20ClN3O/c17-5-9-19-7-1-8-20(11-10-19)16-15-12-14(21)3-2-13(15)4-6-18-16/h2-4,6,12,21H,1,5,7-11H2. The minimum atomic E-state index is 0.287. The van der Waals surface area contributed by atoms with E-state index in [9.17, 15) is 5.11 Å². The van der Waals surface area contributed by atoms with Gasteiger partial charge in [0.15, 0.2) is 0 Å². The molecule has 21 heavy (non-hydrogen) atoms. The van der Waals surface area contributed by atoms with Gasteiger partial charge in [-0.2, -0.15) is 0 Å². The quantitative estimate of drug-likeness (QED) is 0.885. The molecule has 0 atom stereocenters. The van der Waals surface area contributed by atoms with Crippen molar-refractivity contribution in [1.82, 2.24) is 9.88 Å². The van der Waals surface area contributed by atoms with Gasteiger partial charge in [-0.3, -0.25) is 0 Å². The first-order valence-electron chi connectivity index (χ1n) is 7.39. The van der Waals surface area contributed by atoms with Gasteiger partial charge in [0, 0.05) is 43.6 Å². The van der Waals surface area contributed by atoms with Gasteiger partial charge in [0.05, 0.1) is 0 Å². The number of hydrogen-bond donors (Lipinski definition) is 1. The highest BCUT2D eigenvalue weighted by atomic mass is 35.5. The zero-order chi connectivity index (χ0) is 14.7. The summed E-state index contributed by atoms with van der Waals surface area (Å²) in [6, 6.07) is 7.44. The molecule has 1 saturated heterocycles. The zero-order valence-corrected chi connectivity index (χ0v) is 12.8. The number of alkyl halides is 1. The number of hydrogen-bond acceptors (Lipinski definition) is 4. The number of pyridine rings is 1. The SMILES string of the molecule is Oc1ccc2ccnc(N3CCCN(CCCl)CC3)c2c1. The highest BCUT2D eigenvalue weighted by Crippen LogP contribution is 2.28. The summed E-state index contributed by atoms with van der Waals surface area (Å²) in [7, 11) is 0. The first kappa shape index (κ1) is 14.4. The predicted molar refractivity (Wildman–Crippen MR) is 87.4 cm³/mol. The third-order valence-corrected chi connectivity index (χ3v) is 4.19. The lowest BCUT2D eigenvalue weighted by Gasteiger charge is -2.23. The average molecular weight is 306 g/mol. The Morgan fingerprint density at radius 3 is 2.90 bits per heavy atom. The molecule has 0 saturated carbocycles. The molecule has 0 amide bonds. The number of fused-ring (bicyclic) bond motifs is 1. The molecule has 3 rings (SSSR count). The van der Waals surface area contributed by atoms with Crippen molar-refractivity contribution in [2.45, 2.75) is 6.42 Å². The molecule has 0 unspecified atom stereocenters. The molecule has 0 aliphatic carbocycles. The van der Waals surface area contributed by atoms with Gasteiger partial charge in [-0.15, -0.1) is 11.6 Å². The van der Waals surface area contributed by atoms with Gasteiger partial charge in [-0.05, 0) is 36.6 Å². The van der Waals surface area contributed by atoms with E-state index in [1.165, 1.54) is 0 Å². The van der Waals surface area contributed by atoms with E-state index < -0.39 is 0 Å². The molecular formula is C16H20ClN3O. The summed E-state index contributed by atoms with van der Waals surface area (Å²) in [5.74, 6) is 1.94. The van der Waals surface area contributed by atoms with Gasteiger partial charge in [-0.25, -0.2) is 4.98 Å². The lowest BCUT2D eigenvalue weighted by atomic mass is 10.1. The molecule has 1 aliphatic rings. The fraction of sp³-hybridized carbons (Fsp3) is 0.438. The van der Waals surface area contributed by atoms with Crippen molar-refractivity contribution >= 4 is 28.2 Å². The van der Waals surface area contributed by atoms with Gasteiger partial charge in [0.1, 0.15) is 11.6 Å². The van der Waals surface area contributed by atoms with Crippen molar-refractivity contribution < 1.29 is 5.11 Å². The number of aromatic hydroxyl groups is 1. The van der Waals surface area contributed by atoms with Crippen LogP contribution in [-0.4, -0.2) is 53.6 Å². The fourth-order valence-electron chi connectivity index (χ4n) is 2.92. The van der Waals surface area contributed by atoms with E-state index in [1.54, 1.807) is 12.1 Å². The summed E-state index contributed by atoms with van der Waals surface area (Å²) in [5, 5.41) is 11.9. The van der Waals surface area contributed by atoms with Crippen LogP contribution in [-0.2, 0) is 0 Å². The van der Waals surface area contributed by atoms with E-state index >= 15 is 0 Å². The number of phenolic OH excluding ortho intramolecular Hbond substituents is 1. The fourth-order valence-corrected chi connectivity index (χ4v) is 3.16. The molecular weight excluding hydrogens is 286 g/mol. The van der Waals surface area contributed by atoms with E-state index in [1.807, 2.05) is 18.3 Å². The molecule has 2 aromatic rings. The second-order valence-electron chi connectivity index (χ2n) is 5.41. The lowest BCUT2D eigenvalue weighted by molar-refractivity contribution is 0.311. The van der Waals surface area contributed by atoms with Gasteiger partial charge in [-0.1, -0.05) is 6.07 Å². The first-order chi connectivity index (χ1) is 10.3. The Labute approximate surface area is 129 Å². The van der Waals surface area contributed by atoms with Crippen LogP contribution in [0.1, 0.15) is 6.42 Å².